The quantitative estimate of drug-likeness (QED) is 0.766. The van der Waals surface area contributed by atoms with Crippen molar-refractivity contribution >= 4 is 17.5 Å². The molecule has 6 heteroatoms. The molecule has 6 nitrogen and oxygen atoms in total. The molecule has 0 unspecified atom stereocenters. The van der Waals surface area contributed by atoms with Crippen LogP contribution in [0.25, 0.3) is 0 Å². The monoisotopic (exact) mass is 422 g/mol. The van der Waals surface area contributed by atoms with Crippen LogP contribution in [-0.2, 0) is 9.53 Å². The Morgan fingerprint density at radius 3 is 2.61 bits per heavy atom. The molecule has 0 aliphatic carbocycles. The van der Waals surface area contributed by atoms with Crippen LogP contribution < -0.4 is 10.1 Å². The highest BCUT2D eigenvalue weighted by molar-refractivity contribution is 5.98. The molecule has 2 amide bonds. The maximum Gasteiger partial charge on any atom is 0.254 e. The summed E-state index contributed by atoms with van der Waals surface area (Å²) in [7, 11) is 1.65. The van der Waals surface area contributed by atoms with Crippen molar-refractivity contribution in [3.63, 3.8) is 0 Å². The van der Waals surface area contributed by atoms with Gasteiger partial charge in [-0.2, -0.15) is 0 Å². The molecule has 0 spiro atoms. The number of hydrogen-bond donors (Lipinski definition) is 1. The van der Waals surface area contributed by atoms with Crippen LogP contribution in [0, 0.1) is 0 Å². The van der Waals surface area contributed by atoms with Gasteiger partial charge in [0, 0.05) is 24.4 Å². The van der Waals surface area contributed by atoms with Crippen molar-refractivity contribution in [2.75, 3.05) is 25.6 Å². The molecule has 4 rings (SSSR count). The van der Waals surface area contributed by atoms with Gasteiger partial charge in [-0.1, -0.05) is 31.0 Å². The first-order chi connectivity index (χ1) is 15.2. The minimum absolute atomic E-state index is 0.00377. The van der Waals surface area contributed by atoms with E-state index in [1.807, 2.05) is 47.4 Å². The Labute approximate surface area is 183 Å². The summed E-state index contributed by atoms with van der Waals surface area (Å²) in [4.78, 5) is 27.9. The largest absolute Gasteiger partial charge is 0.497 e. The third kappa shape index (κ3) is 5.07. The van der Waals surface area contributed by atoms with E-state index in [4.69, 9.17) is 9.47 Å². The lowest BCUT2D eigenvalue weighted by atomic mass is 9.99. The maximum absolute atomic E-state index is 13.5. The van der Waals surface area contributed by atoms with Crippen molar-refractivity contribution in [2.45, 2.75) is 50.7 Å². The fourth-order valence-corrected chi connectivity index (χ4v) is 4.43. The van der Waals surface area contributed by atoms with Gasteiger partial charge >= 0.3 is 0 Å². The Morgan fingerprint density at radius 1 is 1.03 bits per heavy atom. The molecule has 2 aromatic carbocycles. The molecule has 31 heavy (non-hydrogen) atoms. The van der Waals surface area contributed by atoms with Gasteiger partial charge in [0.1, 0.15) is 11.9 Å². The Kier molecular flexibility index (Phi) is 6.87. The van der Waals surface area contributed by atoms with E-state index in [-0.39, 0.29) is 17.9 Å². The summed E-state index contributed by atoms with van der Waals surface area (Å²) in [5.41, 5.74) is 2.34. The van der Waals surface area contributed by atoms with E-state index in [9.17, 15) is 9.59 Å². The van der Waals surface area contributed by atoms with E-state index < -0.39 is 6.10 Å². The predicted octanol–water partition coefficient (Wildman–Crippen LogP) is 4.57. The fourth-order valence-electron chi connectivity index (χ4n) is 4.43. The smallest absolute Gasteiger partial charge is 0.254 e. The average Bonchev–Trinajstić information content (AvgIpc) is 3.24. The number of anilines is 1. The van der Waals surface area contributed by atoms with Crippen LogP contribution >= 0.6 is 0 Å². The average molecular weight is 423 g/mol. The lowest BCUT2D eigenvalue weighted by Crippen LogP contribution is -2.35. The predicted molar refractivity (Wildman–Crippen MR) is 119 cm³/mol. The molecule has 0 bridgehead atoms. The van der Waals surface area contributed by atoms with Gasteiger partial charge in [0.25, 0.3) is 11.8 Å². The molecule has 2 aromatic rings. The molecule has 0 saturated carbocycles. The van der Waals surface area contributed by atoms with Crippen molar-refractivity contribution in [3.8, 4) is 5.75 Å². The zero-order valence-electron chi connectivity index (χ0n) is 18.0. The number of nitrogens with one attached hydrogen (secondary N) is 1. The highest BCUT2D eigenvalue weighted by Gasteiger charge is 2.28. The van der Waals surface area contributed by atoms with Gasteiger partial charge < -0.3 is 19.7 Å². The number of methoxy groups -OCH3 is 1. The first-order valence-electron chi connectivity index (χ1n) is 11.1. The standard InChI is InChI=1S/C25H30N2O4/c1-30-21-13-11-18(12-14-21)22-9-3-2-4-15-27(22)25(29)19-7-5-8-20(17-19)26-24(28)23-10-6-16-31-23/h5,7-8,11-14,17,22-23H,2-4,6,9-10,15-16H2,1H3,(H,26,28)/t22-,23-/m1/s1. The minimum Gasteiger partial charge on any atom is -0.497 e. The highest BCUT2D eigenvalue weighted by Crippen LogP contribution is 2.32. The highest BCUT2D eigenvalue weighted by atomic mass is 16.5. The second kappa shape index (κ2) is 9.96. The first kappa shape index (κ1) is 21.4. The van der Waals surface area contributed by atoms with Crippen molar-refractivity contribution in [2.24, 2.45) is 0 Å². The first-order valence-corrected chi connectivity index (χ1v) is 11.1. The number of ether oxygens (including phenoxy) is 2. The van der Waals surface area contributed by atoms with Crippen molar-refractivity contribution < 1.29 is 19.1 Å². The normalized spacial score (nSPS) is 21.4. The molecular formula is C25H30N2O4. The van der Waals surface area contributed by atoms with E-state index in [1.165, 1.54) is 0 Å². The number of carbonyl (C=O) groups is 2. The van der Waals surface area contributed by atoms with Gasteiger partial charge in [-0.05, 0) is 61.6 Å². The molecule has 0 aromatic heterocycles. The second-order valence-electron chi connectivity index (χ2n) is 8.21. The molecule has 2 heterocycles. The Morgan fingerprint density at radius 2 is 1.87 bits per heavy atom. The molecular weight excluding hydrogens is 392 g/mol. The van der Waals surface area contributed by atoms with E-state index in [0.29, 0.717) is 17.9 Å². The number of rotatable bonds is 5. The molecule has 164 valence electrons. The van der Waals surface area contributed by atoms with Crippen LogP contribution in [0.15, 0.2) is 48.5 Å². The van der Waals surface area contributed by atoms with E-state index >= 15 is 0 Å². The number of hydrogen-bond acceptors (Lipinski definition) is 4. The van der Waals surface area contributed by atoms with Crippen LogP contribution in [0.4, 0.5) is 5.69 Å². The summed E-state index contributed by atoms with van der Waals surface area (Å²) in [5.74, 6) is 0.661. The Hall–Kier alpha value is -2.86. The van der Waals surface area contributed by atoms with E-state index in [1.54, 1.807) is 13.2 Å². The molecule has 0 radical (unpaired) electrons. The van der Waals surface area contributed by atoms with Crippen LogP contribution in [-0.4, -0.2) is 43.1 Å². The summed E-state index contributed by atoms with van der Waals surface area (Å²) in [6.07, 6.45) is 5.39. The Bertz CT molecular complexity index is 906. The van der Waals surface area contributed by atoms with Crippen molar-refractivity contribution in [3.05, 3.63) is 59.7 Å². The SMILES string of the molecule is COc1ccc([C@H]2CCCCCN2C(=O)c2cccc(NC(=O)[C@H]3CCCO3)c2)cc1. The molecule has 2 fully saturated rings. The summed E-state index contributed by atoms with van der Waals surface area (Å²) in [5, 5.41) is 2.90. The van der Waals surface area contributed by atoms with Crippen LogP contribution in [0.5, 0.6) is 5.75 Å². The van der Waals surface area contributed by atoms with E-state index in [2.05, 4.69) is 5.32 Å². The lowest BCUT2D eigenvalue weighted by Gasteiger charge is -2.31. The zero-order valence-corrected chi connectivity index (χ0v) is 18.0. The lowest BCUT2D eigenvalue weighted by molar-refractivity contribution is -0.124. The van der Waals surface area contributed by atoms with Crippen molar-refractivity contribution in [1.82, 2.24) is 4.90 Å². The van der Waals surface area contributed by atoms with Gasteiger partial charge in [-0.15, -0.1) is 0 Å². The third-order valence-electron chi connectivity index (χ3n) is 6.11. The molecule has 2 aliphatic rings. The molecule has 2 atom stereocenters. The van der Waals surface area contributed by atoms with Crippen LogP contribution in [0.3, 0.4) is 0 Å². The fraction of sp³-hybridized carbons (Fsp3) is 0.440. The van der Waals surface area contributed by atoms with Gasteiger partial charge in [0.15, 0.2) is 0 Å². The summed E-state index contributed by atoms with van der Waals surface area (Å²) >= 11 is 0. The van der Waals surface area contributed by atoms with E-state index in [0.717, 1.165) is 56.4 Å². The third-order valence-corrected chi connectivity index (χ3v) is 6.11. The van der Waals surface area contributed by atoms with Gasteiger partial charge in [0.2, 0.25) is 0 Å². The van der Waals surface area contributed by atoms with Crippen molar-refractivity contribution in [1.29, 1.82) is 0 Å². The maximum atomic E-state index is 13.5. The van der Waals surface area contributed by atoms with Gasteiger partial charge in [-0.3, -0.25) is 9.59 Å². The van der Waals surface area contributed by atoms with Gasteiger partial charge in [0.05, 0.1) is 13.2 Å². The summed E-state index contributed by atoms with van der Waals surface area (Å²) < 4.78 is 10.7. The van der Waals surface area contributed by atoms with Crippen LogP contribution in [0.2, 0.25) is 0 Å². The second-order valence-corrected chi connectivity index (χ2v) is 8.21. The topological polar surface area (TPSA) is 67.9 Å². The summed E-state index contributed by atoms with van der Waals surface area (Å²) in [6, 6.07) is 15.2. The Balaban J connectivity index is 1.53. The molecule has 2 saturated heterocycles. The van der Waals surface area contributed by atoms with Crippen LogP contribution in [0.1, 0.15) is 60.5 Å². The zero-order chi connectivity index (χ0) is 21.6. The molecule has 2 aliphatic heterocycles. The summed E-state index contributed by atoms with van der Waals surface area (Å²) in [6.45, 7) is 1.35. The number of nitrogens with zero attached hydrogens (tertiary/aromatic N) is 1. The number of likely N-dealkylation sites (tertiary alicyclic amines) is 1. The number of amides is 2. The minimum atomic E-state index is -0.399. The number of benzene rings is 2. The number of carbonyl (C=O) groups excluding carboxylic acids is 2. The molecule has 1 N–H and O–H groups in total. The van der Waals surface area contributed by atoms with Gasteiger partial charge in [-0.25, -0.2) is 0 Å².